The molecule has 25 heavy (non-hydrogen) atoms. The predicted octanol–water partition coefficient (Wildman–Crippen LogP) is 4.11. The van der Waals surface area contributed by atoms with Crippen molar-refractivity contribution in [2.45, 2.75) is 18.4 Å². The lowest BCUT2D eigenvalue weighted by atomic mass is 10.1. The van der Waals surface area contributed by atoms with Gasteiger partial charge in [0.25, 0.3) is 0 Å². The van der Waals surface area contributed by atoms with Gasteiger partial charge in [-0.1, -0.05) is 47.5 Å². The predicted molar refractivity (Wildman–Crippen MR) is 102 cm³/mol. The highest BCUT2D eigenvalue weighted by Gasteiger charge is 2.16. The van der Waals surface area contributed by atoms with Crippen LogP contribution >= 0.6 is 23.2 Å². The first-order valence-corrected chi connectivity index (χ1v) is 9.67. The van der Waals surface area contributed by atoms with Crippen molar-refractivity contribution in [1.82, 2.24) is 4.98 Å². The highest BCUT2D eigenvalue weighted by atomic mass is 35.5. The molecule has 8 heteroatoms. The molecule has 0 amide bonds. The fourth-order valence-corrected chi connectivity index (χ4v) is 3.68. The SMILES string of the molecule is Cc1cc(NCc2cccc(Cl)c2Cl)c2cccc(S(N)(=O)=O)c2n1. The Hall–Kier alpha value is -1.86. The second-order valence-corrected chi connectivity index (χ2v) is 7.89. The van der Waals surface area contributed by atoms with E-state index in [0.29, 0.717) is 33.2 Å². The van der Waals surface area contributed by atoms with Crippen LogP contribution in [0.1, 0.15) is 11.3 Å². The average molecular weight is 396 g/mol. The number of hydrogen-bond donors (Lipinski definition) is 2. The van der Waals surface area contributed by atoms with Crippen molar-refractivity contribution in [1.29, 1.82) is 0 Å². The molecule has 1 aromatic heterocycles. The fraction of sp³-hybridized carbons (Fsp3) is 0.118. The molecule has 0 aliphatic rings. The van der Waals surface area contributed by atoms with Gasteiger partial charge in [0, 0.05) is 23.3 Å². The van der Waals surface area contributed by atoms with Gasteiger partial charge in [-0.25, -0.2) is 13.6 Å². The Bertz CT molecular complexity index is 1070. The van der Waals surface area contributed by atoms with E-state index in [0.717, 1.165) is 11.3 Å². The topological polar surface area (TPSA) is 85.1 Å². The summed E-state index contributed by atoms with van der Waals surface area (Å²) in [5.74, 6) is 0. The Balaban J connectivity index is 2.06. The zero-order chi connectivity index (χ0) is 18.2. The molecule has 0 aliphatic carbocycles. The first kappa shape index (κ1) is 17.9. The molecule has 0 aliphatic heterocycles. The number of para-hydroxylation sites is 1. The second kappa shape index (κ2) is 6.80. The number of aromatic nitrogens is 1. The summed E-state index contributed by atoms with van der Waals surface area (Å²) in [4.78, 5) is 4.34. The van der Waals surface area contributed by atoms with Crippen molar-refractivity contribution in [2.75, 3.05) is 5.32 Å². The lowest BCUT2D eigenvalue weighted by Gasteiger charge is -2.13. The third-order valence-electron chi connectivity index (χ3n) is 3.74. The molecule has 0 saturated heterocycles. The maximum Gasteiger partial charge on any atom is 0.240 e. The summed E-state index contributed by atoms with van der Waals surface area (Å²) in [6.07, 6.45) is 0. The Morgan fingerprint density at radius 3 is 2.60 bits per heavy atom. The average Bonchev–Trinajstić information content (AvgIpc) is 2.54. The number of nitrogens with zero attached hydrogens (tertiary/aromatic N) is 1. The Kier molecular flexibility index (Phi) is 4.88. The van der Waals surface area contributed by atoms with Gasteiger partial charge in [0.15, 0.2) is 0 Å². The van der Waals surface area contributed by atoms with Crippen LogP contribution in [0.5, 0.6) is 0 Å². The largest absolute Gasteiger partial charge is 0.380 e. The van der Waals surface area contributed by atoms with E-state index in [1.807, 2.05) is 18.2 Å². The van der Waals surface area contributed by atoms with Crippen LogP contribution in [0.15, 0.2) is 47.4 Å². The van der Waals surface area contributed by atoms with Gasteiger partial charge in [-0.3, -0.25) is 4.98 Å². The van der Waals surface area contributed by atoms with Crippen molar-refractivity contribution in [3.63, 3.8) is 0 Å². The van der Waals surface area contributed by atoms with Crippen molar-refractivity contribution in [3.8, 4) is 0 Å². The molecule has 3 aromatic rings. The minimum Gasteiger partial charge on any atom is -0.380 e. The van der Waals surface area contributed by atoms with Gasteiger partial charge in [0.05, 0.1) is 15.6 Å². The summed E-state index contributed by atoms with van der Waals surface area (Å²) in [5, 5.41) is 10.2. The van der Waals surface area contributed by atoms with Gasteiger partial charge in [-0.05, 0) is 30.7 Å². The van der Waals surface area contributed by atoms with Crippen LogP contribution < -0.4 is 10.5 Å². The van der Waals surface area contributed by atoms with Crippen LogP contribution in [0.2, 0.25) is 10.0 Å². The van der Waals surface area contributed by atoms with E-state index in [-0.39, 0.29) is 4.90 Å². The molecule has 5 nitrogen and oxygen atoms in total. The van der Waals surface area contributed by atoms with Gasteiger partial charge in [-0.2, -0.15) is 0 Å². The van der Waals surface area contributed by atoms with E-state index in [1.54, 1.807) is 25.1 Å². The number of pyridine rings is 1. The highest BCUT2D eigenvalue weighted by molar-refractivity contribution is 7.89. The number of nitrogens with one attached hydrogen (secondary N) is 1. The molecule has 0 radical (unpaired) electrons. The lowest BCUT2D eigenvalue weighted by molar-refractivity contribution is 0.598. The smallest absolute Gasteiger partial charge is 0.240 e. The molecule has 0 atom stereocenters. The van der Waals surface area contributed by atoms with Crippen LogP contribution in [-0.4, -0.2) is 13.4 Å². The molecule has 130 valence electrons. The minimum absolute atomic E-state index is 0.00228. The van der Waals surface area contributed by atoms with Gasteiger partial charge in [0.1, 0.15) is 4.90 Å². The number of rotatable bonds is 4. The number of fused-ring (bicyclic) bond motifs is 1. The zero-order valence-corrected chi connectivity index (χ0v) is 15.6. The standard InChI is InChI=1S/C17H15Cl2N3O2S/c1-10-8-14(21-9-11-4-2-6-13(18)16(11)19)12-5-3-7-15(17(12)22-10)25(20,23)24/h2-8H,9H2,1H3,(H,21,22)(H2,20,23,24). The summed E-state index contributed by atoms with van der Waals surface area (Å²) in [6, 6.07) is 12.1. The first-order valence-electron chi connectivity index (χ1n) is 7.37. The monoisotopic (exact) mass is 395 g/mol. The molecule has 0 spiro atoms. The van der Waals surface area contributed by atoms with Gasteiger partial charge < -0.3 is 5.32 Å². The molecule has 1 heterocycles. The summed E-state index contributed by atoms with van der Waals surface area (Å²) >= 11 is 12.3. The number of sulfonamides is 1. The van der Waals surface area contributed by atoms with E-state index in [1.165, 1.54) is 6.07 Å². The molecular formula is C17H15Cl2N3O2S. The molecule has 3 N–H and O–H groups in total. The van der Waals surface area contributed by atoms with Crippen molar-refractivity contribution in [2.24, 2.45) is 5.14 Å². The number of primary sulfonamides is 1. The van der Waals surface area contributed by atoms with E-state index in [4.69, 9.17) is 28.3 Å². The molecule has 0 bridgehead atoms. The third-order valence-corrected chi connectivity index (χ3v) is 5.54. The molecule has 0 saturated carbocycles. The quantitative estimate of drug-likeness (QED) is 0.695. The van der Waals surface area contributed by atoms with Crippen LogP contribution in [0.25, 0.3) is 10.9 Å². The molecular weight excluding hydrogens is 381 g/mol. The molecule has 0 unspecified atom stereocenters. The molecule has 0 fully saturated rings. The number of hydrogen-bond acceptors (Lipinski definition) is 4. The van der Waals surface area contributed by atoms with Gasteiger partial charge in [-0.15, -0.1) is 0 Å². The zero-order valence-electron chi connectivity index (χ0n) is 13.3. The maximum atomic E-state index is 11.8. The molecule has 3 rings (SSSR count). The third kappa shape index (κ3) is 3.72. The molecule has 2 aromatic carbocycles. The summed E-state index contributed by atoms with van der Waals surface area (Å²) < 4.78 is 23.6. The second-order valence-electron chi connectivity index (χ2n) is 5.58. The van der Waals surface area contributed by atoms with Crippen LogP contribution in [0.4, 0.5) is 5.69 Å². The number of benzene rings is 2. The number of anilines is 1. The van der Waals surface area contributed by atoms with Crippen LogP contribution in [0.3, 0.4) is 0 Å². The van der Waals surface area contributed by atoms with E-state index < -0.39 is 10.0 Å². The number of nitrogens with two attached hydrogens (primary N) is 1. The summed E-state index contributed by atoms with van der Waals surface area (Å²) in [5.41, 5.74) is 2.58. The van der Waals surface area contributed by atoms with Crippen LogP contribution in [-0.2, 0) is 16.6 Å². The highest BCUT2D eigenvalue weighted by Crippen LogP contribution is 2.30. The van der Waals surface area contributed by atoms with E-state index in [2.05, 4.69) is 10.3 Å². The lowest BCUT2D eigenvalue weighted by Crippen LogP contribution is -2.13. The number of halogens is 2. The van der Waals surface area contributed by atoms with Crippen molar-refractivity contribution >= 4 is 49.8 Å². The Morgan fingerprint density at radius 2 is 1.88 bits per heavy atom. The maximum absolute atomic E-state index is 11.8. The van der Waals surface area contributed by atoms with Crippen LogP contribution in [0, 0.1) is 6.92 Å². The van der Waals surface area contributed by atoms with E-state index >= 15 is 0 Å². The minimum atomic E-state index is -3.87. The fourth-order valence-electron chi connectivity index (χ4n) is 2.60. The number of aryl methyl sites for hydroxylation is 1. The normalized spacial score (nSPS) is 11.7. The Labute approximate surface area is 155 Å². The van der Waals surface area contributed by atoms with Crippen molar-refractivity contribution in [3.05, 3.63) is 63.8 Å². The van der Waals surface area contributed by atoms with E-state index in [9.17, 15) is 8.42 Å². The van der Waals surface area contributed by atoms with Gasteiger partial charge in [0.2, 0.25) is 10.0 Å². The van der Waals surface area contributed by atoms with Gasteiger partial charge >= 0.3 is 0 Å². The Morgan fingerprint density at radius 1 is 1.16 bits per heavy atom. The van der Waals surface area contributed by atoms with Crippen molar-refractivity contribution < 1.29 is 8.42 Å². The summed E-state index contributed by atoms with van der Waals surface area (Å²) in [6.45, 7) is 2.22. The summed E-state index contributed by atoms with van der Waals surface area (Å²) in [7, 11) is -3.87. The first-order chi connectivity index (χ1) is 11.8.